The maximum absolute atomic E-state index is 15.2. The maximum Gasteiger partial charge on any atom is 0.164 e. The van der Waals surface area contributed by atoms with Crippen molar-refractivity contribution in [1.29, 1.82) is 0 Å². The van der Waals surface area contributed by atoms with Crippen LogP contribution in [0.5, 0.6) is 0 Å². The highest BCUT2D eigenvalue weighted by atomic mass is 19.1. The van der Waals surface area contributed by atoms with Gasteiger partial charge in [0.25, 0.3) is 0 Å². The zero-order valence-corrected chi connectivity index (χ0v) is 18.7. The summed E-state index contributed by atoms with van der Waals surface area (Å²) in [4.78, 5) is 15.6. The van der Waals surface area contributed by atoms with Gasteiger partial charge in [-0.2, -0.15) is 0 Å². The number of allylic oxidation sites excluding steroid dienone is 6. The molecule has 1 aliphatic carbocycles. The predicted molar refractivity (Wildman–Crippen MR) is 121 cm³/mol. The molecule has 0 amide bonds. The number of nitrogens with zero attached hydrogens (tertiary/aromatic N) is 5. The van der Waals surface area contributed by atoms with Crippen LogP contribution >= 0.6 is 0 Å². The molecule has 6 nitrogen and oxygen atoms in total. The van der Waals surface area contributed by atoms with Gasteiger partial charge < -0.3 is 14.8 Å². The van der Waals surface area contributed by atoms with Crippen molar-refractivity contribution in [3.63, 3.8) is 0 Å². The number of aryl methyl sites for hydroxylation is 2. The molecule has 8 heteroatoms. The Morgan fingerprint density at radius 2 is 2.03 bits per heavy atom. The lowest BCUT2D eigenvalue weighted by Crippen LogP contribution is -2.20. The van der Waals surface area contributed by atoms with Gasteiger partial charge in [-0.05, 0) is 51.3 Å². The molecule has 0 bridgehead atoms. The summed E-state index contributed by atoms with van der Waals surface area (Å²) in [6.07, 6.45) is 8.93. The van der Waals surface area contributed by atoms with Crippen molar-refractivity contribution in [2.75, 3.05) is 26.7 Å². The molecule has 3 aliphatic rings. The second kappa shape index (κ2) is 8.24. The van der Waals surface area contributed by atoms with E-state index in [0.29, 0.717) is 46.3 Å². The molecule has 2 aliphatic heterocycles. The van der Waals surface area contributed by atoms with E-state index in [4.69, 9.17) is 4.98 Å². The fourth-order valence-electron chi connectivity index (χ4n) is 4.95. The molecule has 5 rings (SSSR count). The minimum atomic E-state index is -0.237. The first kappa shape index (κ1) is 21.0. The number of aromatic nitrogens is 4. The van der Waals surface area contributed by atoms with E-state index in [2.05, 4.69) is 21.4 Å². The number of rotatable bonds is 4. The molecule has 2 unspecified atom stereocenters. The summed E-state index contributed by atoms with van der Waals surface area (Å²) < 4.78 is 31.4. The van der Waals surface area contributed by atoms with E-state index in [-0.39, 0.29) is 30.7 Å². The van der Waals surface area contributed by atoms with Crippen LogP contribution in [0.3, 0.4) is 0 Å². The normalized spacial score (nSPS) is 23.8. The van der Waals surface area contributed by atoms with Crippen LogP contribution in [0, 0.1) is 25.7 Å². The van der Waals surface area contributed by atoms with Crippen LogP contribution in [0.25, 0.3) is 16.7 Å². The van der Waals surface area contributed by atoms with Crippen molar-refractivity contribution in [2.45, 2.75) is 33.2 Å². The minimum absolute atomic E-state index is 0.0869. The molecule has 1 fully saturated rings. The Bertz CT molecular complexity index is 1180. The fourth-order valence-corrected chi connectivity index (χ4v) is 4.95. The molecule has 2 aromatic heterocycles. The molecular weight excluding hydrogens is 410 g/mol. The molecule has 0 radical (unpaired) electrons. The lowest BCUT2D eigenvalue weighted by molar-refractivity contribution is 0.385. The zero-order chi connectivity index (χ0) is 22.4. The predicted octanol–water partition coefficient (Wildman–Crippen LogP) is 3.99. The van der Waals surface area contributed by atoms with Crippen molar-refractivity contribution in [2.24, 2.45) is 11.8 Å². The van der Waals surface area contributed by atoms with Gasteiger partial charge in [-0.25, -0.2) is 23.7 Å². The van der Waals surface area contributed by atoms with Crippen LogP contribution < -0.4 is 5.32 Å². The van der Waals surface area contributed by atoms with Gasteiger partial charge in [0.2, 0.25) is 0 Å². The van der Waals surface area contributed by atoms with Crippen molar-refractivity contribution in [3.05, 3.63) is 59.0 Å². The van der Waals surface area contributed by atoms with E-state index in [9.17, 15) is 4.39 Å². The summed E-state index contributed by atoms with van der Waals surface area (Å²) in [6.45, 7) is 6.18. The number of imidazole rings is 1. The highest BCUT2D eigenvalue weighted by Gasteiger charge is 2.28. The first-order chi connectivity index (χ1) is 15.4. The highest BCUT2D eigenvalue weighted by Crippen LogP contribution is 2.34. The van der Waals surface area contributed by atoms with Crippen LogP contribution in [0.4, 0.5) is 8.78 Å². The lowest BCUT2D eigenvalue weighted by Gasteiger charge is -2.24. The van der Waals surface area contributed by atoms with Gasteiger partial charge >= 0.3 is 0 Å². The third-order valence-corrected chi connectivity index (χ3v) is 6.55. The first-order valence-electron chi connectivity index (χ1n) is 11.2. The summed E-state index contributed by atoms with van der Waals surface area (Å²) in [7, 11) is 1.82. The van der Waals surface area contributed by atoms with Gasteiger partial charge in [0.1, 0.15) is 28.8 Å². The third-order valence-electron chi connectivity index (χ3n) is 6.55. The van der Waals surface area contributed by atoms with E-state index in [1.807, 2.05) is 37.7 Å². The van der Waals surface area contributed by atoms with Crippen LogP contribution in [0.1, 0.15) is 30.2 Å². The Morgan fingerprint density at radius 3 is 2.75 bits per heavy atom. The SMILES string of the molecule is Cc1nc(C)c2nc(C3=CN(C)CC(F)=C3)n(CC3=C(F)CC(C4CCNC4)C=C3)c2n1. The van der Waals surface area contributed by atoms with Crippen molar-refractivity contribution < 1.29 is 8.78 Å². The summed E-state index contributed by atoms with van der Waals surface area (Å²) in [6, 6.07) is 0. The number of fused-ring (bicyclic) bond motifs is 1. The maximum atomic E-state index is 15.2. The summed E-state index contributed by atoms with van der Waals surface area (Å²) in [5.74, 6) is 1.58. The lowest BCUT2D eigenvalue weighted by atomic mass is 9.84. The molecule has 2 atom stereocenters. The smallest absolute Gasteiger partial charge is 0.164 e. The molecule has 0 aromatic carbocycles. The number of nitrogens with one attached hydrogen (secondary N) is 1. The third kappa shape index (κ3) is 3.88. The Morgan fingerprint density at radius 1 is 1.19 bits per heavy atom. The standard InChI is InChI=1S/C24H28F2N6/c1-14-22-24(29-15(2)28-14)32(23(30-22)19-8-20(25)13-31(3)11-19)12-18-5-4-16(9-21(18)26)17-6-7-27-10-17/h4-5,8,11,16-17,27H,6-7,9-10,12-13H2,1-3H3. The van der Waals surface area contributed by atoms with Crippen LogP contribution in [0.15, 0.2) is 41.7 Å². The van der Waals surface area contributed by atoms with Gasteiger partial charge in [-0.1, -0.05) is 12.2 Å². The highest BCUT2D eigenvalue weighted by molar-refractivity contribution is 5.81. The largest absolute Gasteiger partial charge is 0.373 e. The number of hydrogen-bond donors (Lipinski definition) is 1. The second-order valence-corrected chi connectivity index (χ2v) is 9.05. The molecule has 168 valence electrons. The molecule has 1 N–H and O–H groups in total. The number of halogens is 2. The monoisotopic (exact) mass is 438 g/mol. The number of hydrogen-bond acceptors (Lipinski definition) is 5. The van der Waals surface area contributed by atoms with Gasteiger partial charge in [-0.3, -0.25) is 0 Å². The quantitative estimate of drug-likeness (QED) is 0.782. The molecule has 0 saturated carbocycles. The topological polar surface area (TPSA) is 58.9 Å². The summed E-state index contributed by atoms with van der Waals surface area (Å²) in [5, 5.41) is 3.37. The Balaban J connectivity index is 1.56. The summed E-state index contributed by atoms with van der Waals surface area (Å²) >= 11 is 0. The van der Waals surface area contributed by atoms with E-state index in [0.717, 1.165) is 25.2 Å². The van der Waals surface area contributed by atoms with Gasteiger partial charge in [-0.15, -0.1) is 0 Å². The van der Waals surface area contributed by atoms with E-state index in [1.165, 1.54) is 6.08 Å². The van der Waals surface area contributed by atoms with Crippen molar-refractivity contribution in [1.82, 2.24) is 29.7 Å². The Labute approximate surface area is 186 Å². The molecular formula is C24H28F2N6. The Kier molecular flexibility index (Phi) is 5.41. The van der Waals surface area contributed by atoms with E-state index < -0.39 is 0 Å². The average molecular weight is 439 g/mol. The first-order valence-corrected chi connectivity index (χ1v) is 11.2. The van der Waals surface area contributed by atoms with E-state index >= 15 is 4.39 Å². The van der Waals surface area contributed by atoms with Crippen LogP contribution in [-0.4, -0.2) is 51.1 Å². The van der Waals surface area contributed by atoms with Crippen molar-refractivity contribution >= 4 is 16.7 Å². The van der Waals surface area contributed by atoms with Gasteiger partial charge in [0, 0.05) is 30.8 Å². The van der Waals surface area contributed by atoms with Crippen molar-refractivity contribution in [3.8, 4) is 0 Å². The van der Waals surface area contributed by atoms with Gasteiger partial charge in [0.05, 0.1) is 18.8 Å². The van der Waals surface area contributed by atoms with Crippen LogP contribution in [0.2, 0.25) is 0 Å². The molecule has 0 spiro atoms. The van der Waals surface area contributed by atoms with Crippen LogP contribution in [-0.2, 0) is 6.54 Å². The summed E-state index contributed by atoms with van der Waals surface area (Å²) in [5.41, 5.74) is 3.31. The average Bonchev–Trinajstić information content (AvgIpc) is 3.38. The fraction of sp³-hybridized carbons (Fsp3) is 0.458. The molecule has 2 aromatic rings. The second-order valence-electron chi connectivity index (χ2n) is 9.05. The molecule has 1 saturated heterocycles. The van der Waals surface area contributed by atoms with Gasteiger partial charge in [0.15, 0.2) is 5.65 Å². The Hall–Kier alpha value is -2.87. The number of likely N-dealkylation sites (N-methyl/N-ethyl adjacent to an activating group) is 1. The van der Waals surface area contributed by atoms with E-state index in [1.54, 1.807) is 4.90 Å². The molecule has 4 heterocycles. The minimum Gasteiger partial charge on any atom is -0.373 e. The molecule has 32 heavy (non-hydrogen) atoms. The zero-order valence-electron chi connectivity index (χ0n) is 18.7.